The molecule has 2 aromatic heterocycles. The third-order valence-corrected chi connectivity index (χ3v) is 6.22. The maximum absolute atomic E-state index is 13.0. The molecule has 0 unspecified atom stereocenters. The third kappa shape index (κ3) is 3.65. The van der Waals surface area contributed by atoms with Crippen LogP contribution in [-0.2, 0) is 28.9 Å². The van der Waals surface area contributed by atoms with E-state index in [9.17, 15) is 14.4 Å². The Bertz CT molecular complexity index is 1170. The van der Waals surface area contributed by atoms with E-state index in [1.54, 1.807) is 24.3 Å². The number of benzene rings is 1. The van der Waals surface area contributed by atoms with Crippen LogP contribution in [0.2, 0.25) is 0 Å². The number of para-hydroxylation sites is 1. The van der Waals surface area contributed by atoms with E-state index in [2.05, 4.69) is 22.6 Å². The first kappa shape index (κ1) is 19.3. The van der Waals surface area contributed by atoms with Crippen LogP contribution in [0.25, 0.3) is 10.2 Å². The quantitative estimate of drug-likeness (QED) is 0.660. The summed E-state index contributed by atoms with van der Waals surface area (Å²) in [6.07, 6.45) is 2.82. The van der Waals surface area contributed by atoms with Gasteiger partial charge >= 0.3 is 5.97 Å². The Hall–Kier alpha value is -3.07. The SMILES string of the molecule is COC(=O)c1ccccc1NC(=O)Cn1nnc2sc3c(c2c1=O)CC[C@H](C)C3. The van der Waals surface area contributed by atoms with Crippen molar-refractivity contribution in [2.45, 2.75) is 32.7 Å². The summed E-state index contributed by atoms with van der Waals surface area (Å²) in [6, 6.07) is 6.52. The zero-order valence-electron chi connectivity index (χ0n) is 16.1. The fourth-order valence-electron chi connectivity index (χ4n) is 3.60. The molecule has 1 amide bonds. The lowest BCUT2D eigenvalue weighted by molar-refractivity contribution is -0.117. The van der Waals surface area contributed by atoms with Gasteiger partial charge in [-0.2, -0.15) is 0 Å². The van der Waals surface area contributed by atoms with Crippen molar-refractivity contribution < 1.29 is 14.3 Å². The van der Waals surface area contributed by atoms with Gasteiger partial charge in [0.1, 0.15) is 6.54 Å². The van der Waals surface area contributed by atoms with E-state index in [-0.39, 0.29) is 17.7 Å². The van der Waals surface area contributed by atoms with Gasteiger partial charge in [0.05, 0.1) is 23.7 Å². The van der Waals surface area contributed by atoms with Crippen LogP contribution in [-0.4, -0.2) is 34.0 Å². The molecule has 1 aliphatic carbocycles. The lowest BCUT2D eigenvalue weighted by atomic mass is 9.89. The molecule has 1 aliphatic rings. The number of hydrogen-bond acceptors (Lipinski definition) is 7. The zero-order chi connectivity index (χ0) is 20.5. The summed E-state index contributed by atoms with van der Waals surface area (Å²) < 4.78 is 5.80. The van der Waals surface area contributed by atoms with E-state index in [0.717, 1.165) is 29.5 Å². The zero-order valence-corrected chi connectivity index (χ0v) is 16.9. The molecular weight excluding hydrogens is 392 g/mol. The minimum absolute atomic E-state index is 0.234. The highest BCUT2D eigenvalue weighted by molar-refractivity contribution is 7.18. The first-order valence-electron chi connectivity index (χ1n) is 9.33. The van der Waals surface area contributed by atoms with Crippen LogP contribution in [0.15, 0.2) is 29.1 Å². The van der Waals surface area contributed by atoms with Crippen LogP contribution in [0.5, 0.6) is 0 Å². The van der Waals surface area contributed by atoms with Gasteiger partial charge in [0.15, 0.2) is 4.83 Å². The third-order valence-electron chi connectivity index (χ3n) is 5.08. The summed E-state index contributed by atoms with van der Waals surface area (Å²) in [7, 11) is 1.27. The van der Waals surface area contributed by atoms with Crippen LogP contribution in [0.4, 0.5) is 5.69 Å². The highest BCUT2D eigenvalue weighted by Gasteiger charge is 2.24. The molecule has 1 atom stereocenters. The first-order chi connectivity index (χ1) is 14.0. The number of nitrogens with one attached hydrogen (secondary N) is 1. The minimum atomic E-state index is -0.557. The maximum Gasteiger partial charge on any atom is 0.339 e. The molecule has 0 radical (unpaired) electrons. The molecule has 4 rings (SSSR count). The Kier molecular flexibility index (Phi) is 5.14. The van der Waals surface area contributed by atoms with Gasteiger partial charge in [-0.1, -0.05) is 24.3 Å². The first-order valence-corrected chi connectivity index (χ1v) is 10.1. The second kappa shape index (κ2) is 7.75. The van der Waals surface area contributed by atoms with E-state index in [0.29, 0.717) is 21.8 Å². The number of methoxy groups -OCH3 is 1. The number of carbonyl (C=O) groups is 2. The number of fused-ring (bicyclic) bond motifs is 3. The predicted molar refractivity (Wildman–Crippen MR) is 109 cm³/mol. The molecule has 0 fully saturated rings. The number of thiophene rings is 1. The summed E-state index contributed by atoms with van der Waals surface area (Å²) in [4.78, 5) is 39.2. The maximum atomic E-state index is 13.0. The number of aryl methyl sites for hydroxylation is 1. The van der Waals surface area contributed by atoms with Crippen molar-refractivity contribution in [1.82, 2.24) is 15.0 Å². The Morgan fingerprint density at radius 3 is 2.93 bits per heavy atom. The number of amides is 1. The average molecular weight is 412 g/mol. The average Bonchev–Trinajstić information content (AvgIpc) is 3.08. The minimum Gasteiger partial charge on any atom is -0.465 e. The van der Waals surface area contributed by atoms with Gasteiger partial charge in [-0.05, 0) is 42.9 Å². The smallest absolute Gasteiger partial charge is 0.339 e. The fraction of sp³-hybridized carbons (Fsp3) is 0.350. The molecule has 0 aliphatic heterocycles. The van der Waals surface area contributed by atoms with E-state index < -0.39 is 11.9 Å². The Morgan fingerprint density at radius 2 is 2.14 bits per heavy atom. The van der Waals surface area contributed by atoms with Crippen molar-refractivity contribution in [3.8, 4) is 0 Å². The van der Waals surface area contributed by atoms with Crippen LogP contribution in [0.1, 0.15) is 34.1 Å². The second-order valence-corrected chi connectivity index (χ2v) is 8.25. The largest absolute Gasteiger partial charge is 0.465 e. The van der Waals surface area contributed by atoms with E-state index in [1.165, 1.54) is 23.3 Å². The topological polar surface area (TPSA) is 103 Å². The Balaban J connectivity index is 1.60. The fourth-order valence-corrected chi connectivity index (χ4v) is 4.92. The summed E-state index contributed by atoms with van der Waals surface area (Å²) in [5.74, 6) is -0.445. The molecule has 8 nitrogen and oxygen atoms in total. The second-order valence-electron chi connectivity index (χ2n) is 7.17. The number of rotatable bonds is 4. The predicted octanol–water partition coefficient (Wildman–Crippen LogP) is 2.40. The molecule has 1 aromatic carbocycles. The summed E-state index contributed by atoms with van der Waals surface area (Å²) in [5, 5.41) is 11.3. The lowest BCUT2D eigenvalue weighted by Gasteiger charge is -2.17. The van der Waals surface area contributed by atoms with Gasteiger partial charge < -0.3 is 10.1 Å². The monoisotopic (exact) mass is 412 g/mol. The molecule has 0 saturated carbocycles. The lowest BCUT2D eigenvalue weighted by Crippen LogP contribution is -2.31. The molecule has 0 spiro atoms. The Labute approximate surface area is 170 Å². The van der Waals surface area contributed by atoms with Crippen LogP contribution in [0, 0.1) is 5.92 Å². The molecular formula is C20H20N4O4S. The molecule has 29 heavy (non-hydrogen) atoms. The molecule has 0 saturated heterocycles. The number of esters is 1. The highest BCUT2D eigenvalue weighted by atomic mass is 32.1. The summed E-state index contributed by atoms with van der Waals surface area (Å²) >= 11 is 1.52. The number of ether oxygens (including phenoxy) is 1. The van der Waals surface area contributed by atoms with Gasteiger partial charge in [0.25, 0.3) is 5.56 Å². The van der Waals surface area contributed by atoms with Crippen molar-refractivity contribution in [2.24, 2.45) is 5.92 Å². The number of nitrogens with zero attached hydrogens (tertiary/aromatic N) is 3. The van der Waals surface area contributed by atoms with Crippen molar-refractivity contribution in [3.05, 3.63) is 50.6 Å². The molecule has 2 heterocycles. The van der Waals surface area contributed by atoms with Crippen molar-refractivity contribution >= 4 is 39.1 Å². The number of carbonyl (C=O) groups excluding carboxylic acids is 2. The molecule has 3 aromatic rings. The van der Waals surface area contributed by atoms with Gasteiger partial charge in [0.2, 0.25) is 5.91 Å². The van der Waals surface area contributed by atoms with Gasteiger partial charge in [-0.3, -0.25) is 9.59 Å². The van der Waals surface area contributed by atoms with Crippen LogP contribution in [0.3, 0.4) is 0 Å². The number of aromatic nitrogens is 3. The van der Waals surface area contributed by atoms with Crippen LogP contribution < -0.4 is 10.9 Å². The molecule has 9 heteroatoms. The Morgan fingerprint density at radius 1 is 1.34 bits per heavy atom. The normalized spacial score (nSPS) is 15.7. The summed E-state index contributed by atoms with van der Waals surface area (Å²) in [5.41, 5.74) is 1.29. The summed E-state index contributed by atoms with van der Waals surface area (Å²) in [6.45, 7) is 1.91. The standard InChI is InChI=1S/C20H20N4O4S/c1-11-7-8-13-15(9-11)29-18-17(13)19(26)24(23-22-18)10-16(25)21-14-6-4-3-5-12(14)20(27)28-2/h3-6,11H,7-10H2,1-2H3,(H,21,25)/t11-/m0/s1. The van der Waals surface area contributed by atoms with E-state index in [1.807, 2.05) is 0 Å². The number of hydrogen-bond donors (Lipinski definition) is 1. The number of anilines is 1. The van der Waals surface area contributed by atoms with Crippen molar-refractivity contribution in [3.63, 3.8) is 0 Å². The molecule has 0 bridgehead atoms. The van der Waals surface area contributed by atoms with E-state index in [4.69, 9.17) is 4.74 Å². The highest BCUT2D eigenvalue weighted by Crippen LogP contribution is 2.35. The van der Waals surface area contributed by atoms with Crippen molar-refractivity contribution in [2.75, 3.05) is 12.4 Å². The van der Waals surface area contributed by atoms with Crippen molar-refractivity contribution in [1.29, 1.82) is 0 Å². The van der Waals surface area contributed by atoms with E-state index >= 15 is 0 Å². The van der Waals surface area contributed by atoms with Gasteiger partial charge in [-0.25, -0.2) is 9.48 Å². The van der Waals surface area contributed by atoms with Gasteiger partial charge in [0, 0.05) is 4.88 Å². The van der Waals surface area contributed by atoms with Gasteiger partial charge in [-0.15, -0.1) is 16.4 Å². The molecule has 150 valence electrons. The van der Waals surface area contributed by atoms with Crippen LogP contribution >= 0.6 is 11.3 Å². The molecule has 1 N–H and O–H groups in total.